The Hall–Kier alpha value is -2.97. The third-order valence-corrected chi connectivity index (χ3v) is 3.93. The number of hydrogen-bond donors (Lipinski definition) is 1. The highest BCUT2D eigenvalue weighted by Crippen LogP contribution is 2.28. The van der Waals surface area contributed by atoms with E-state index in [1.807, 2.05) is 25.1 Å². The van der Waals surface area contributed by atoms with Gasteiger partial charge in [0.05, 0.1) is 18.3 Å². The molecule has 0 bridgehead atoms. The van der Waals surface area contributed by atoms with Gasteiger partial charge in [-0.2, -0.15) is 0 Å². The molecule has 3 aromatic rings. The molecule has 0 fully saturated rings. The number of ether oxygens (including phenoxy) is 2. The molecule has 0 aliphatic rings. The first kappa shape index (κ1) is 18.8. The molecular weight excluding hydrogens is 370 g/mol. The Morgan fingerprint density at radius 1 is 1.22 bits per heavy atom. The summed E-state index contributed by atoms with van der Waals surface area (Å²) in [4.78, 5) is 12.1. The molecule has 0 aliphatic carbocycles. The highest BCUT2D eigenvalue weighted by molar-refractivity contribution is 6.30. The van der Waals surface area contributed by atoms with E-state index in [1.165, 1.54) is 11.0 Å². The highest BCUT2D eigenvalue weighted by Gasteiger charge is 2.12. The van der Waals surface area contributed by atoms with Gasteiger partial charge in [-0.25, -0.2) is 9.48 Å². The van der Waals surface area contributed by atoms with Gasteiger partial charge in [0.2, 0.25) is 0 Å². The van der Waals surface area contributed by atoms with Crippen LogP contribution in [0.2, 0.25) is 5.02 Å². The lowest BCUT2D eigenvalue weighted by molar-refractivity contribution is 0.159. The van der Waals surface area contributed by atoms with Crippen LogP contribution in [0.25, 0.3) is 16.8 Å². The van der Waals surface area contributed by atoms with Crippen LogP contribution in [-0.4, -0.2) is 46.1 Å². The maximum Gasteiger partial charge on any atom is 0.412 e. The molecule has 140 valence electrons. The van der Waals surface area contributed by atoms with Crippen LogP contribution in [0, 0.1) is 0 Å². The number of carbonyl (C=O) groups excluding carboxylic acids is 1. The van der Waals surface area contributed by atoms with Crippen molar-refractivity contribution in [2.75, 3.05) is 13.7 Å². The maximum absolute atomic E-state index is 12.1. The van der Waals surface area contributed by atoms with E-state index < -0.39 is 6.09 Å². The zero-order valence-corrected chi connectivity index (χ0v) is 15.6. The monoisotopic (exact) mass is 387 g/mol. The predicted molar refractivity (Wildman–Crippen MR) is 100 cm³/mol. The van der Waals surface area contributed by atoms with E-state index in [0.29, 0.717) is 23.1 Å². The van der Waals surface area contributed by atoms with Gasteiger partial charge in [0, 0.05) is 18.2 Å². The minimum Gasteiger partial charge on any atom is -0.410 e. The molecule has 27 heavy (non-hydrogen) atoms. The largest absolute Gasteiger partial charge is 0.412 e. The Morgan fingerprint density at radius 3 is 2.67 bits per heavy atom. The maximum atomic E-state index is 12.1. The summed E-state index contributed by atoms with van der Waals surface area (Å²) in [6.07, 6.45) is 0.890. The lowest BCUT2D eigenvalue weighted by atomic mass is 10.0. The molecule has 0 aliphatic heterocycles. The van der Waals surface area contributed by atoms with Gasteiger partial charge in [-0.05, 0) is 52.7 Å². The number of nitrogens with one attached hydrogen (secondary N) is 1. The average Bonchev–Trinajstić information content (AvgIpc) is 3.17. The van der Waals surface area contributed by atoms with Crippen LogP contribution in [0.15, 0.2) is 48.8 Å². The third kappa shape index (κ3) is 5.02. The Morgan fingerprint density at radius 2 is 2.00 bits per heavy atom. The van der Waals surface area contributed by atoms with E-state index in [2.05, 4.69) is 20.8 Å². The summed E-state index contributed by atoms with van der Waals surface area (Å²) < 4.78 is 11.9. The number of rotatable bonds is 6. The molecule has 1 aromatic heterocycles. The van der Waals surface area contributed by atoms with Crippen molar-refractivity contribution in [2.45, 2.75) is 13.0 Å². The van der Waals surface area contributed by atoms with Crippen LogP contribution < -0.4 is 10.1 Å². The van der Waals surface area contributed by atoms with Gasteiger partial charge in [-0.3, -0.25) is 0 Å². The molecule has 2 aromatic carbocycles. The minimum absolute atomic E-state index is 0.180. The van der Waals surface area contributed by atoms with Gasteiger partial charge in [-0.1, -0.05) is 23.7 Å². The van der Waals surface area contributed by atoms with Crippen molar-refractivity contribution in [1.29, 1.82) is 0 Å². The number of benzene rings is 2. The number of aromatic nitrogens is 4. The first-order valence-corrected chi connectivity index (χ1v) is 8.54. The normalized spacial score (nSPS) is 11.8. The van der Waals surface area contributed by atoms with Crippen LogP contribution in [0.1, 0.15) is 6.92 Å². The third-order valence-electron chi connectivity index (χ3n) is 3.67. The first-order chi connectivity index (χ1) is 13.0. The molecule has 0 spiro atoms. The Labute approximate surface area is 161 Å². The topological polar surface area (TPSA) is 91.2 Å². The molecule has 1 amide bonds. The Balaban J connectivity index is 1.90. The van der Waals surface area contributed by atoms with Crippen LogP contribution in [0.5, 0.6) is 5.75 Å². The summed E-state index contributed by atoms with van der Waals surface area (Å²) in [5.41, 5.74) is 2.39. The lowest BCUT2D eigenvalue weighted by Gasteiger charge is -2.14. The molecule has 9 heteroatoms. The second-order valence-corrected chi connectivity index (χ2v) is 6.30. The van der Waals surface area contributed by atoms with E-state index in [9.17, 15) is 4.79 Å². The van der Waals surface area contributed by atoms with Gasteiger partial charge in [0.15, 0.2) is 0 Å². The molecule has 1 N–H and O–H groups in total. The number of carbonyl (C=O) groups is 1. The molecule has 0 saturated heterocycles. The van der Waals surface area contributed by atoms with Crippen molar-refractivity contribution in [3.05, 3.63) is 53.8 Å². The van der Waals surface area contributed by atoms with E-state index in [-0.39, 0.29) is 6.04 Å². The second kappa shape index (κ2) is 8.61. The fourth-order valence-electron chi connectivity index (χ4n) is 2.49. The summed E-state index contributed by atoms with van der Waals surface area (Å²) in [5.74, 6) is 0.357. The fraction of sp³-hybridized carbons (Fsp3) is 0.222. The van der Waals surface area contributed by atoms with Crippen molar-refractivity contribution in [2.24, 2.45) is 0 Å². The summed E-state index contributed by atoms with van der Waals surface area (Å²) in [6.45, 7) is 2.21. The van der Waals surface area contributed by atoms with Crippen molar-refractivity contribution in [1.82, 2.24) is 25.5 Å². The number of nitrogens with zero attached hydrogens (tertiary/aromatic N) is 4. The number of halogens is 1. The van der Waals surface area contributed by atoms with Gasteiger partial charge >= 0.3 is 6.09 Å². The Bertz CT molecular complexity index is 900. The molecular formula is C18H18ClN5O3. The van der Waals surface area contributed by atoms with Crippen LogP contribution in [-0.2, 0) is 4.74 Å². The van der Waals surface area contributed by atoms with Crippen LogP contribution in [0.3, 0.4) is 0 Å². The molecule has 1 atom stereocenters. The smallest absolute Gasteiger partial charge is 0.410 e. The SMILES string of the molecule is COCC(C)NC(=O)Oc1cc(-c2ccc(Cl)cc2)cc(-n2cnnn2)c1. The summed E-state index contributed by atoms with van der Waals surface area (Å²) in [5, 5.41) is 14.5. The number of hydrogen-bond acceptors (Lipinski definition) is 6. The van der Waals surface area contributed by atoms with Gasteiger partial charge < -0.3 is 14.8 Å². The molecule has 1 heterocycles. The van der Waals surface area contributed by atoms with Crippen LogP contribution >= 0.6 is 11.6 Å². The molecule has 8 nitrogen and oxygen atoms in total. The molecule has 0 saturated carbocycles. The number of amides is 1. The van der Waals surface area contributed by atoms with E-state index >= 15 is 0 Å². The fourth-order valence-corrected chi connectivity index (χ4v) is 2.62. The zero-order valence-electron chi connectivity index (χ0n) is 14.8. The molecule has 0 radical (unpaired) electrons. The van der Waals surface area contributed by atoms with Gasteiger partial charge in [0.25, 0.3) is 0 Å². The summed E-state index contributed by atoms with van der Waals surface area (Å²) in [7, 11) is 1.57. The highest BCUT2D eigenvalue weighted by atomic mass is 35.5. The minimum atomic E-state index is -0.574. The zero-order chi connectivity index (χ0) is 19.2. The van der Waals surface area contributed by atoms with Crippen molar-refractivity contribution in [3.8, 4) is 22.6 Å². The lowest BCUT2D eigenvalue weighted by Crippen LogP contribution is -2.37. The number of tetrazole rings is 1. The van der Waals surface area contributed by atoms with Crippen molar-refractivity contribution < 1.29 is 14.3 Å². The quantitative estimate of drug-likeness (QED) is 0.698. The number of methoxy groups -OCH3 is 1. The first-order valence-electron chi connectivity index (χ1n) is 8.17. The van der Waals surface area contributed by atoms with Crippen molar-refractivity contribution >= 4 is 17.7 Å². The standard InChI is InChI=1S/C18H18ClN5O3/c1-12(10-26-2)21-18(25)27-17-8-14(13-3-5-15(19)6-4-13)7-16(9-17)24-11-20-22-23-24/h3-9,11-12H,10H2,1-2H3,(H,21,25). The van der Waals surface area contributed by atoms with Gasteiger partial charge in [-0.15, -0.1) is 5.10 Å². The Kier molecular flexibility index (Phi) is 6.00. The van der Waals surface area contributed by atoms with E-state index in [1.54, 1.807) is 31.4 Å². The van der Waals surface area contributed by atoms with Gasteiger partial charge in [0.1, 0.15) is 12.1 Å². The summed E-state index contributed by atoms with van der Waals surface area (Å²) >= 11 is 5.97. The second-order valence-electron chi connectivity index (χ2n) is 5.87. The average molecular weight is 388 g/mol. The van der Waals surface area contributed by atoms with E-state index in [4.69, 9.17) is 21.1 Å². The summed E-state index contributed by atoms with van der Waals surface area (Å²) in [6, 6.07) is 12.5. The predicted octanol–water partition coefficient (Wildman–Crippen LogP) is 3.11. The molecule has 1 unspecified atom stereocenters. The van der Waals surface area contributed by atoms with E-state index in [0.717, 1.165) is 11.1 Å². The van der Waals surface area contributed by atoms with Crippen LogP contribution in [0.4, 0.5) is 4.79 Å². The van der Waals surface area contributed by atoms with Crippen molar-refractivity contribution in [3.63, 3.8) is 0 Å². The molecule has 3 rings (SSSR count).